The third kappa shape index (κ3) is 2.67. The molecule has 1 aromatic carbocycles. The first-order valence-corrected chi connectivity index (χ1v) is 5.35. The van der Waals surface area contributed by atoms with Gasteiger partial charge in [-0.05, 0) is 12.5 Å². The van der Waals surface area contributed by atoms with Crippen LogP contribution < -0.4 is 5.32 Å². The molecular weight excluding hydrogens is 200 g/mol. The maximum absolute atomic E-state index is 3.88. The topological polar surface area (TPSA) is 42.7 Å². The molecule has 0 amide bonds. The van der Waals surface area contributed by atoms with Crippen molar-refractivity contribution < 1.29 is 0 Å². The molecule has 0 saturated carbocycles. The fourth-order valence-corrected chi connectivity index (χ4v) is 1.63. The second-order valence-corrected chi connectivity index (χ2v) is 3.94. The summed E-state index contributed by atoms with van der Waals surface area (Å²) in [5, 5.41) is 11.1. The zero-order valence-corrected chi connectivity index (χ0v) is 9.64. The van der Waals surface area contributed by atoms with Crippen LogP contribution in [0.1, 0.15) is 16.8 Å². The molecule has 0 atom stereocenters. The maximum atomic E-state index is 3.88. The molecule has 1 N–H and O–H groups in total. The van der Waals surface area contributed by atoms with Crippen molar-refractivity contribution in [1.29, 1.82) is 0 Å². The molecule has 84 valence electrons. The zero-order chi connectivity index (χ0) is 11.4. The van der Waals surface area contributed by atoms with Crippen LogP contribution in [0.3, 0.4) is 0 Å². The van der Waals surface area contributed by atoms with Crippen LogP contribution in [0.15, 0.2) is 30.5 Å². The van der Waals surface area contributed by atoms with Crippen molar-refractivity contribution in [3.63, 3.8) is 0 Å². The van der Waals surface area contributed by atoms with Gasteiger partial charge in [0.15, 0.2) is 0 Å². The summed E-state index contributed by atoms with van der Waals surface area (Å²) in [5.41, 5.74) is 3.68. The molecule has 0 saturated heterocycles. The van der Waals surface area contributed by atoms with Gasteiger partial charge in [-0.25, -0.2) is 0 Å². The van der Waals surface area contributed by atoms with E-state index in [-0.39, 0.29) is 0 Å². The van der Waals surface area contributed by atoms with Crippen molar-refractivity contribution in [2.75, 3.05) is 0 Å². The van der Waals surface area contributed by atoms with E-state index in [4.69, 9.17) is 0 Å². The van der Waals surface area contributed by atoms with Crippen LogP contribution in [-0.2, 0) is 20.1 Å². The quantitative estimate of drug-likeness (QED) is 0.840. The van der Waals surface area contributed by atoms with E-state index in [1.54, 1.807) is 10.9 Å². The van der Waals surface area contributed by atoms with Gasteiger partial charge >= 0.3 is 0 Å². The summed E-state index contributed by atoms with van der Waals surface area (Å²) in [6.45, 7) is 3.76. The molecular formula is C12H16N4. The monoisotopic (exact) mass is 216 g/mol. The summed E-state index contributed by atoms with van der Waals surface area (Å²) in [4.78, 5) is 0. The number of nitrogens with one attached hydrogen (secondary N) is 1. The predicted octanol–water partition coefficient (Wildman–Crippen LogP) is 1.41. The first kappa shape index (κ1) is 10.8. The second kappa shape index (κ2) is 4.90. The van der Waals surface area contributed by atoms with E-state index in [9.17, 15) is 0 Å². The molecule has 1 heterocycles. The summed E-state index contributed by atoms with van der Waals surface area (Å²) in [6, 6.07) is 8.50. The minimum Gasteiger partial charge on any atom is -0.307 e. The average Bonchev–Trinajstić information content (AvgIpc) is 2.65. The molecule has 2 aromatic rings. The Morgan fingerprint density at radius 1 is 1.31 bits per heavy atom. The number of hydrogen-bond donors (Lipinski definition) is 1. The van der Waals surface area contributed by atoms with Crippen LogP contribution in [0.5, 0.6) is 0 Å². The Kier molecular flexibility index (Phi) is 3.31. The summed E-state index contributed by atoms with van der Waals surface area (Å²) in [7, 11) is 1.90. The molecule has 0 radical (unpaired) electrons. The third-order valence-corrected chi connectivity index (χ3v) is 2.53. The SMILES string of the molecule is Cc1cccc(CNCc2cnnn2C)c1. The molecule has 1 aromatic heterocycles. The van der Waals surface area contributed by atoms with E-state index >= 15 is 0 Å². The van der Waals surface area contributed by atoms with Crippen molar-refractivity contribution in [3.05, 3.63) is 47.3 Å². The van der Waals surface area contributed by atoms with Crippen molar-refractivity contribution >= 4 is 0 Å². The van der Waals surface area contributed by atoms with E-state index < -0.39 is 0 Å². The van der Waals surface area contributed by atoms with Crippen LogP contribution in [0.2, 0.25) is 0 Å². The van der Waals surface area contributed by atoms with Gasteiger partial charge in [-0.15, -0.1) is 5.10 Å². The van der Waals surface area contributed by atoms with Crippen molar-refractivity contribution in [2.45, 2.75) is 20.0 Å². The number of aromatic nitrogens is 3. The van der Waals surface area contributed by atoms with E-state index in [0.29, 0.717) is 0 Å². The van der Waals surface area contributed by atoms with Crippen LogP contribution in [-0.4, -0.2) is 15.0 Å². The van der Waals surface area contributed by atoms with Crippen LogP contribution in [0, 0.1) is 6.92 Å². The summed E-state index contributed by atoms with van der Waals surface area (Å²) >= 11 is 0. The highest BCUT2D eigenvalue weighted by Gasteiger charge is 1.99. The maximum Gasteiger partial charge on any atom is 0.0738 e. The van der Waals surface area contributed by atoms with E-state index in [1.807, 2.05) is 7.05 Å². The molecule has 0 aliphatic rings. The Hall–Kier alpha value is -1.68. The van der Waals surface area contributed by atoms with Crippen LogP contribution >= 0.6 is 0 Å². The van der Waals surface area contributed by atoms with Crippen molar-refractivity contribution in [2.24, 2.45) is 7.05 Å². The zero-order valence-electron chi connectivity index (χ0n) is 9.64. The lowest BCUT2D eigenvalue weighted by atomic mass is 10.1. The van der Waals surface area contributed by atoms with Gasteiger partial charge in [0.25, 0.3) is 0 Å². The van der Waals surface area contributed by atoms with Crippen molar-refractivity contribution in [1.82, 2.24) is 20.3 Å². The van der Waals surface area contributed by atoms with Gasteiger partial charge in [0.2, 0.25) is 0 Å². The highest BCUT2D eigenvalue weighted by molar-refractivity contribution is 5.21. The molecule has 16 heavy (non-hydrogen) atoms. The number of nitrogens with zero attached hydrogens (tertiary/aromatic N) is 3. The number of aryl methyl sites for hydroxylation is 2. The third-order valence-electron chi connectivity index (χ3n) is 2.53. The summed E-state index contributed by atoms with van der Waals surface area (Å²) in [5.74, 6) is 0. The summed E-state index contributed by atoms with van der Waals surface area (Å²) in [6.07, 6.45) is 1.78. The van der Waals surface area contributed by atoms with Gasteiger partial charge in [0, 0.05) is 20.1 Å². The Labute approximate surface area is 95.3 Å². The molecule has 0 aliphatic carbocycles. The van der Waals surface area contributed by atoms with E-state index in [0.717, 1.165) is 18.8 Å². The summed E-state index contributed by atoms with van der Waals surface area (Å²) < 4.78 is 1.78. The predicted molar refractivity (Wildman–Crippen MR) is 62.7 cm³/mol. The van der Waals surface area contributed by atoms with Gasteiger partial charge in [0.05, 0.1) is 11.9 Å². The van der Waals surface area contributed by atoms with E-state index in [2.05, 4.69) is 46.8 Å². The highest BCUT2D eigenvalue weighted by atomic mass is 15.4. The van der Waals surface area contributed by atoms with Gasteiger partial charge < -0.3 is 5.32 Å². The lowest BCUT2D eigenvalue weighted by Gasteiger charge is -2.05. The fraction of sp³-hybridized carbons (Fsp3) is 0.333. The molecule has 0 spiro atoms. The van der Waals surface area contributed by atoms with Crippen LogP contribution in [0.25, 0.3) is 0 Å². The molecule has 0 fully saturated rings. The highest BCUT2D eigenvalue weighted by Crippen LogP contribution is 2.03. The lowest BCUT2D eigenvalue weighted by Crippen LogP contribution is -2.15. The number of hydrogen-bond acceptors (Lipinski definition) is 3. The van der Waals surface area contributed by atoms with Gasteiger partial charge in [-0.3, -0.25) is 4.68 Å². The number of rotatable bonds is 4. The Morgan fingerprint density at radius 3 is 2.88 bits per heavy atom. The minimum atomic E-state index is 0.789. The molecule has 4 nitrogen and oxygen atoms in total. The van der Waals surface area contributed by atoms with E-state index in [1.165, 1.54) is 11.1 Å². The van der Waals surface area contributed by atoms with Gasteiger partial charge in [-0.1, -0.05) is 35.0 Å². The van der Waals surface area contributed by atoms with Crippen molar-refractivity contribution in [3.8, 4) is 0 Å². The molecule has 2 rings (SSSR count). The molecule has 0 bridgehead atoms. The largest absolute Gasteiger partial charge is 0.307 e. The second-order valence-electron chi connectivity index (χ2n) is 3.94. The minimum absolute atomic E-state index is 0.789. The standard InChI is InChI=1S/C12H16N4/c1-10-4-3-5-11(6-10)7-13-8-12-9-14-15-16(12)2/h3-6,9,13H,7-8H2,1-2H3. The van der Waals surface area contributed by atoms with Crippen LogP contribution in [0.4, 0.5) is 0 Å². The first-order valence-electron chi connectivity index (χ1n) is 5.35. The average molecular weight is 216 g/mol. The first-order chi connectivity index (χ1) is 7.75. The number of benzene rings is 1. The van der Waals surface area contributed by atoms with Gasteiger partial charge in [-0.2, -0.15) is 0 Å². The fourth-order valence-electron chi connectivity index (χ4n) is 1.63. The normalized spacial score (nSPS) is 10.6. The Morgan fingerprint density at radius 2 is 2.19 bits per heavy atom. The smallest absolute Gasteiger partial charge is 0.0738 e. The van der Waals surface area contributed by atoms with Gasteiger partial charge in [0.1, 0.15) is 0 Å². The Bertz CT molecular complexity index is 462. The molecule has 0 unspecified atom stereocenters. The molecule has 0 aliphatic heterocycles. The lowest BCUT2D eigenvalue weighted by molar-refractivity contribution is 0.617. The Balaban J connectivity index is 1.87. The molecule has 4 heteroatoms.